The van der Waals surface area contributed by atoms with Crippen LogP contribution in [0.2, 0.25) is 0 Å². The third kappa shape index (κ3) is 3.30. The number of thioether (sulfide) groups is 1. The average molecular weight is 293 g/mol. The molecule has 0 radical (unpaired) electrons. The molecular weight excluding hydrogens is 278 g/mol. The van der Waals surface area contributed by atoms with Crippen molar-refractivity contribution in [3.05, 3.63) is 30.7 Å². The second-order valence-electron chi connectivity index (χ2n) is 4.06. The molecule has 1 amide bonds. The van der Waals surface area contributed by atoms with E-state index in [4.69, 9.17) is 8.83 Å². The van der Waals surface area contributed by atoms with Crippen molar-refractivity contribution in [2.24, 2.45) is 0 Å². The summed E-state index contributed by atoms with van der Waals surface area (Å²) < 4.78 is 10.7. The first-order valence-electron chi connectivity index (χ1n) is 6.05. The van der Waals surface area contributed by atoms with Gasteiger partial charge in [0.2, 0.25) is 5.91 Å². The van der Waals surface area contributed by atoms with E-state index < -0.39 is 0 Å². The van der Waals surface area contributed by atoms with Gasteiger partial charge in [-0.2, -0.15) is 0 Å². The largest absolute Gasteiger partial charge is 0.469 e. The molecule has 6 nitrogen and oxygen atoms in total. The van der Waals surface area contributed by atoms with Gasteiger partial charge in [0.25, 0.3) is 11.1 Å². The molecule has 2 aromatic rings. The van der Waals surface area contributed by atoms with Crippen molar-refractivity contribution in [1.29, 1.82) is 0 Å². The van der Waals surface area contributed by atoms with Gasteiger partial charge in [-0.1, -0.05) is 17.8 Å². The Morgan fingerprint density at radius 2 is 2.40 bits per heavy atom. The highest BCUT2D eigenvalue weighted by atomic mass is 32.2. The molecule has 20 heavy (non-hydrogen) atoms. The zero-order valence-electron chi connectivity index (χ0n) is 11.3. The lowest BCUT2D eigenvalue weighted by molar-refractivity contribution is -0.120. The molecule has 0 saturated heterocycles. The second kappa shape index (κ2) is 6.42. The normalized spacial score (nSPS) is 12.1. The number of carbonyl (C=O) groups excluding carboxylic acids is 1. The molecule has 106 valence electrons. The summed E-state index contributed by atoms with van der Waals surface area (Å²) in [6.07, 6.45) is 3.19. The quantitative estimate of drug-likeness (QED) is 0.650. The van der Waals surface area contributed by atoms with Crippen molar-refractivity contribution < 1.29 is 13.6 Å². The van der Waals surface area contributed by atoms with Crippen LogP contribution < -0.4 is 5.32 Å². The number of hydrogen-bond donors (Lipinski definition) is 1. The highest BCUT2D eigenvalue weighted by Crippen LogP contribution is 2.28. The Morgan fingerprint density at radius 3 is 3.05 bits per heavy atom. The Balaban J connectivity index is 2.01. The van der Waals surface area contributed by atoms with Crippen LogP contribution in [0.5, 0.6) is 0 Å². The number of nitrogens with zero attached hydrogens (tertiary/aromatic N) is 2. The predicted octanol–water partition coefficient (Wildman–Crippen LogP) is 2.42. The molecule has 0 bridgehead atoms. The van der Waals surface area contributed by atoms with Crippen LogP contribution >= 0.6 is 11.8 Å². The maximum atomic E-state index is 11.7. The van der Waals surface area contributed by atoms with E-state index >= 15 is 0 Å². The van der Waals surface area contributed by atoms with Gasteiger partial charge >= 0.3 is 0 Å². The Kier molecular flexibility index (Phi) is 4.62. The minimum Gasteiger partial charge on any atom is -0.469 e. The van der Waals surface area contributed by atoms with Crippen LogP contribution in [0.1, 0.15) is 12.7 Å². The van der Waals surface area contributed by atoms with Crippen molar-refractivity contribution in [3.8, 4) is 11.5 Å². The minimum absolute atomic E-state index is 0.103. The highest BCUT2D eigenvalue weighted by molar-refractivity contribution is 8.00. The van der Waals surface area contributed by atoms with Crippen LogP contribution in [0.15, 0.2) is 39.0 Å². The van der Waals surface area contributed by atoms with E-state index in [0.717, 1.165) is 5.56 Å². The highest BCUT2D eigenvalue weighted by Gasteiger charge is 2.19. The fraction of sp³-hybridized carbons (Fsp3) is 0.308. The smallest absolute Gasteiger partial charge is 0.277 e. The number of rotatable bonds is 6. The van der Waals surface area contributed by atoms with E-state index in [0.29, 0.717) is 23.4 Å². The summed E-state index contributed by atoms with van der Waals surface area (Å²) in [4.78, 5) is 11.7. The standard InChI is InChI=1S/C13H15N3O3S/c1-4-6-14-11(17)9(3)20-13-16-15-12(19-13)10-5-7-18-8(10)2/h4-5,7,9H,1,6H2,2-3H3,(H,14,17)/t9-/m0/s1. The average Bonchev–Trinajstić information content (AvgIpc) is 3.04. The molecule has 2 rings (SSSR count). The lowest BCUT2D eigenvalue weighted by Gasteiger charge is -2.07. The summed E-state index contributed by atoms with van der Waals surface area (Å²) in [5.41, 5.74) is 0.758. The number of amides is 1. The summed E-state index contributed by atoms with van der Waals surface area (Å²) in [5.74, 6) is 0.994. The van der Waals surface area contributed by atoms with Gasteiger partial charge in [0, 0.05) is 6.54 Å². The fourth-order valence-corrected chi connectivity index (χ4v) is 2.20. The number of aromatic nitrogens is 2. The first-order valence-corrected chi connectivity index (χ1v) is 6.93. The summed E-state index contributed by atoms with van der Waals surface area (Å²) >= 11 is 1.21. The maximum absolute atomic E-state index is 11.7. The van der Waals surface area contributed by atoms with Crippen molar-refractivity contribution in [2.75, 3.05) is 6.54 Å². The van der Waals surface area contributed by atoms with Crippen LogP contribution in [0.3, 0.4) is 0 Å². The number of carbonyl (C=O) groups is 1. The Labute approximate surface area is 120 Å². The monoisotopic (exact) mass is 293 g/mol. The van der Waals surface area contributed by atoms with Crippen molar-refractivity contribution in [3.63, 3.8) is 0 Å². The van der Waals surface area contributed by atoms with Crippen LogP contribution in [-0.2, 0) is 4.79 Å². The Hall–Kier alpha value is -2.02. The van der Waals surface area contributed by atoms with E-state index in [-0.39, 0.29) is 11.2 Å². The second-order valence-corrected chi connectivity index (χ2v) is 5.35. The summed E-state index contributed by atoms with van der Waals surface area (Å²) in [5, 5.41) is 10.6. The molecule has 2 aromatic heterocycles. The molecule has 0 spiro atoms. The summed E-state index contributed by atoms with van der Waals surface area (Å²) in [7, 11) is 0. The van der Waals surface area contributed by atoms with Crippen LogP contribution in [0.25, 0.3) is 11.5 Å². The molecular formula is C13H15N3O3S. The zero-order valence-corrected chi connectivity index (χ0v) is 12.1. The van der Waals surface area contributed by atoms with Crippen molar-refractivity contribution >= 4 is 17.7 Å². The lowest BCUT2D eigenvalue weighted by atomic mass is 10.3. The molecule has 1 atom stereocenters. The fourth-order valence-electron chi connectivity index (χ4n) is 1.49. The lowest BCUT2D eigenvalue weighted by Crippen LogP contribution is -2.30. The zero-order chi connectivity index (χ0) is 14.5. The molecule has 0 aromatic carbocycles. The minimum atomic E-state index is -0.325. The first kappa shape index (κ1) is 14.4. The molecule has 2 heterocycles. The number of aryl methyl sites for hydroxylation is 1. The topological polar surface area (TPSA) is 81.2 Å². The van der Waals surface area contributed by atoms with Gasteiger partial charge < -0.3 is 14.2 Å². The number of furan rings is 1. The van der Waals surface area contributed by atoms with E-state index in [1.807, 2.05) is 6.92 Å². The molecule has 7 heteroatoms. The molecule has 0 saturated carbocycles. The predicted molar refractivity (Wildman–Crippen MR) is 75.3 cm³/mol. The van der Waals surface area contributed by atoms with Gasteiger partial charge in [-0.3, -0.25) is 4.79 Å². The molecule has 0 unspecified atom stereocenters. The molecule has 0 fully saturated rings. The van der Waals surface area contributed by atoms with E-state index in [9.17, 15) is 4.79 Å². The van der Waals surface area contributed by atoms with E-state index in [1.165, 1.54) is 11.8 Å². The molecule has 0 aliphatic carbocycles. The van der Waals surface area contributed by atoms with Gasteiger partial charge in [0.05, 0.1) is 17.1 Å². The molecule has 1 N–H and O–H groups in total. The van der Waals surface area contributed by atoms with Gasteiger partial charge in [-0.25, -0.2) is 0 Å². The first-order chi connectivity index (χ1) is 9.61. The number of hydrogen-bond acceptors (Lipinski definition) is 6. The Morgan fingerprint density at radius 1 is 1.60 bits per heavy atom. The van der Waals surface area contributed by atoms with E-state index in [1.54, 1.807) is 25.3 Å². The van der Waals surface area contributed by atoms with Gasteiger partial charge in [0.15, 0.2) is 0 Å². The maximum Gasteiger partial charge on any atom is 0.277 e. The SMILES string of the molecule is C=CCNC(=O)[C@H](C)Sc1nnc(-c2ccoc2C)o1. The van der Waals surface area contributed by atoms with Crippen molar-refractivity contribution in [1.82, 2.24) is 15.5 Å². The van der Waals surface area contributed by atoms with Gasteiger partial charge in [-0.05, 0) is 19.9 Å². The van der Waals surface area contributed by atoms with Crippen molar-refractivity contribution in [2.45, 2.75) is 24.3 Å². The van der Waals surface area contributed by atoms with Crippen LogP contribution in [0.4, 0.5) is 0 Å². The summed E-state index contributed by atoms with van der Waals surface area (Å²) in [6.45, 7) is 7.57. The van der Waals surface area contributed by atoms with Gasteiger partial charge in [-0.15, -0.1) is 16.8 Å². The Bertz CT molecular complexity index is 606. The third-order valence-corrected chi connectivity index (χ3v) is 3.50. The third-order valence-electron chi connectivity index (χ3n) is 2.56. The van der Waals surface area contributed by atoms with Crippen LogP contribution in [-0.4, -0.2) is 27.9 Å². The van der Waals surface area contributed by atoms with Gasteiger partial charge in [0.1, 0.15) is 5.76 Å². The summed E-state index contributed by atoms with van der Waals surface area (Å²) in [6, 6.07) is 1.76. The molecule has 0 aliphatic heterocycles. The number of nitrogens with one attached hydrogen (secondary N) is 1. The van der Waals surface area contributed by atoms with E-state index in [2.05, 4.69) is 22.1 Å². The molecule has 0 aliphatic rings. The van der Waals surface area contributed by atoms with Crippen LogP contribution in [0, 0.1) is 6.92 Å².